The van der Waals surface area contributed by atoms with E-state index in [1.165, 1.54) is 6.20 Å². The van der Waals surface area contributed by atoms with Gasteiger partial charge in [-0.25, -0.2) is 0 Å². The summed E-state index contributed by atoms with van der Waals surface area (Å²) >= 11 is 6.12. The number of nitrogens with zero attached hydrogens (tertiary/aromatic N) is 2. The molecule has 1 heterocycles. The van der Waals surface area contributed by atoms with Crippen molar-refractivity contribution in [3.63, 3.8) is 0 Å². The summed E-state index contributed by atoms with van der Waals surface area (Å²) in [4.78, 5) is 4.23. The highest BCUT2D eigenvalue weighted by molar-refractivity contribution is 6.35. The highest BCUT2D eigenvalue weighted by Crippen LogP contribution is 2.36. The summed E-state index contributed by atoms with van der Waals surface area (Å²) in [6.07, 6.45) is 1.52. The van der Waals surface area contributed by atoms with Crippen molar-refractivity contribution in [2.24, 2.45) is 0 Å². The van der Waals surface area contributed by atoms with Crippen LogP contribution in [0.4, 0.5) is 5.69 Å². The smallest absolute Gasteiger partial charge is 0.130 e. The van der Waals surface area contributed by atoms with E-state index < -0.39 is 0 Å². The van der Waals surface area contributed by atoms with E-state index in [4.69, 9.17) is 21.6 Å². The lowest BCUT2D eigenvalue weighted by Gasteiger charge is -2.13. The molecule has 1 aromatic carbocycles. The number of nitrogens with one attached hydrogen (secondary N) is 1. The third-order valence-corrected chi connectivity index (χ3v) is 2.93. The number of nitriles is 1. The lowest BCUT2D eigenvalue weighted by Crippen LogP contribution is -2.02. The van der Waals surface area contributed by atoms with Gasteiger partial charge in [-0.15, -0.1) is 0 Å². The zero-order chi connectivity index (χ0) is 13.1. The largest absolute Gasteiger partial charge is 0.496 e. The number of pyridine rings is 1. The van der Waals surface area contributed by atoms with Gasteiger partial charge in [-0.05, 0) is 19.1 Å². The van der Waals surface area contributed by atoms with E-state index in [2.05, 4.69) is 16.4 Å². The molecule has 0 aliphatic rings. The molecule has 1 N–H and O–H groups in total. The second-order valence-corrected chi connectivity index (χ2v) is 4.07. The van der Waals surface area contributed by atoms with Crippen molar-refractivity contribution in [2.75, 3.05) is 19.0 Å². The molecule has 0 radical (unpaired) electrons. The molecule has 0 bridgehead atoms. The molecule has 0 aliphatic carbocycles. The summed E-state index contributed by atoms with van der Waals surface area (Å²) in [5.74, 6) is 0.648. The second kappa shape index (κ2) is 5.11. The lowest BCUT2D eigenvalue weighted by atomic mass is 10.1. The van der Waals surface area contributed by atoms with Gasteiger partial charge in [0.2, 0.25) is 0 Å². The molecular weight excluding hydrogens is 250 g/mol. The van der Waals surface area contributed by atoms with Crippen LogP contribution in [0.25, 0.3) is 10.9 Å². The van der Waals surface area contributed by atoms with Crippen molar-refractivity contribution in [3.8, 4) is 11.8 Å². The maximum atomic E-state index is 9.13. The fourth-order valence-corrected chi connectivity index (χ4v) is 2.06. The van der Waals surface area contributed by atoms with Crippen LogP contribution in [0.5, 0.6) is 5.75 Å². The first-order chi connectivity index (χ1) is 8.72. The van der Waals surface area contributed by atoms with Crippen molar-refractivity contribution >= 4 is 28.2 Å². The molecule has 0 fully saturated rings. The Bertz CT molecular complexity index is 634. The molecule has 18 heavy (non-hydrogen) atoms. The van der Waals surface area contributed by atoms with E-state index in [0.717, 1.165) is 5.39 Å². The Morgan fingerprint density at radius 2 is 2.28 bits per heavy atom. The number of rotatable bonds is 3. The Labute approximate surface area is 110 Å². The van der Waals surface area contributed by atoms with Gasteiger partial charge < -0.3 is 10.1 Å². The molecule has 0 unspecified atom stereocenters. The Morgan fingerprint density at radius 3 is 2.89 bits per heavy atom. The second-order valence-electron chi connectivity index (χ2n) is 3.66. The minimum absolute atomic E-state index is 0.477. The van der Waals surface area contributed by atoms with Gasteiger partial charge in [-0.1, -0.05) is 11.6 Å². The highest BCUT2D eigenvalue weighted by Gasteiger charge is 2.14. The molecule has 1 aromatic heterocycles. The summed E-state index contributed by atoms with van der Waals surface area (Å²) in [6.45, 7) is 2.66. The quantitative estimate of drug-likeness (QED) is 0.922. The SMILES string of the molecule is CCNc1c(C#N)cnc2c(Cl)ccc(OC)c12. The number of aromatic nitrogens is 1. The van der Waals surface area contributed by atoms with Crippen LogP contribution in [0.1, 0.15) is 12.5 Å². The Hall–Kier alpha value is -1.99. The predicted molar refractivity (Wildman–Crippen MR) is 72.2 cm³/mol. The molecule has 4 nitrogen and oxygen atoms in total. The molecule has 0 atom stereocenters. The average molecular weight is 262 g/mol. The van der Waals surface area contributed by atoms with Crippen molar-refractivity contribution in [2.45, 2.75) is 6.92 Å². The van der Waals surface area contributed by atoms with Gasteiger partial charge in [-0.2, -0.15) is 5.26 Å². The maximum Gasteiger partial charge on any atom is 0.130 e. The van der Waals surface area contributed by atoms with Gasteiger partial charge in [0.15, 0.2) is 0 Å². The zero-order valence-electron chi connectivity index (χ0n) is 10.1. The Kier molecular flexibility index (Phi) is 3.54. The minimum Gasteiger partial charge on any atom is -0.496 e. The highest BCUT2D eigenvalue weighted by atomic mass is 35.5. The molecule has 0 saturated heterocycles. The van der Waals surface area contributed by atoms with Crippen LogP contribution in [0, 0.1) is 11.3 Å². The number of ether oxygens (including phenoxy) is 1. The number of fused-ring (bicyclic) bond motifs is 1. The molecule has 2 rings (SSSR count). The van der Waals surface area contributed by atoms with Gasteiger partial charge in [0.25, 0.3) is 0 Å². The Balaban J connectivity index is 2.89. The number of hydrogen-bond donors (Lipinski definition) is 1. The number of anilines is 1. The monoisotopic (exact) mass is 261 g/mol. The van der Waals surface area contributed by atoms with Crippen LogP contribution < -0.4 is 10.1 Å². The predicted octanol–water partition coefficient (Wildman–Crippen LogP) is 3.20. The van der Waals surface area contributed by atoms with Crippen LogP contribution in [0.15, 0.2) is 18.3 Å². The van der Waals surface area contributed by atoms with Crippen LogP contribution in [-0.2, 0) is 0 Å². The summed E-state index contributed by atoms with van der Waals surface area (Å²) in [5, 5.41) is 13.6. The van der Waals surface area contributed by atoms with Crippen LogP contribution in [0.3, 0.4) is 0 Å². The molecule has 0 aliphatic heterocycles. The van der Waals surface area contributed by atoms with E-state index in [1.54, 1.807) is 19.2 Å². The van der Waals surface area contributed by atoms with E-state index in [1.807, 2.05) is 6.92 Å². The third kappa shape index (κ3) is 1.93. The molecule has 0 saturated carbocycles. The molecule has 92 valence electrons. The average Bonchev–Trinajstić information content (AvgIpc) is 2.40. The van der Waals surface area contributed by atoms with E-state index in [9.17, 15) is 0 Å². The normalized spacial score (nSPS) is 10.1. The van der Waals surface area contributed by atoms with Crippen LogP contribution in [0.2, 0.25) is 5.02 Å². The first-order valence-electron chi connectivity index (χ1n) is 5.52. The molecule has 5 heteroatoms. The molecule has 0 spiro atoms. The van der Waals surface area contributed by atoms with Gasteiger partial charge in [0.1, 0.15) is 11.8 Å². The van der Waals surface area contributed by atoms with Crippen molar-refractivity contribution < 1.29 is 4.74 Å². The minimum atomic E-state index is 0.477. The van der Waals surface area contributed by atoms with E-state index >= 15 is 0 Å². The summed E-state index contributed by atoms with van der Waals surface area (Å²) in [6, 6.07) is 5.63. The molecular formula is C13H12ClN3O. The lowest BCUT2D eigenvalue weighted by molar-refractivity contribution is 0.420. The fourth-order valence-electron chi connectivity index (χ4n) is 1.86. The maximum absolute atomic E-state index is 9.13. The number of halogens is 1. The number of benzene rings is 1. The van der Waals surface area contributed by atoms with E-state index in [-0.39, 0.29) is 0 Å². The number of hydrogen-bond acceptors (Lipinski definition) is 4. The van der Waals surface area contributed by atoms with Gasteiger partial charge >= 0.3 is 0 Å². The molecule has 0 amide bonds. The van der Waals surface area contributed by atoms with E-state index in [0.29, 0.717) is 34.1 Å². The van der Waals surface area contributed by atoms with Crippen molar-refractivity contribution in [1.29, 1.82) is 5.26 Å². The summed E-state index contributed by atoms with van der Waals surface area (Å²) < 4.78 is 5.32. The standard InChI is InChI=1S/C13H12ClN3O/c1-3-16-12-8(6-15)7-17-13-9(14)4-5-10(18-2)11(12)13/h4-5,7H,3H2,1-2H3,(H,16,17). The first kappa shape index (κ1) is 12.5. The molecule has 2 aromatic rings. The zero-order valence-corrected chi connectivity index (χ0v) is 10.9. The van der Waals surface area contributed by atoms with Crippen LogP contribution in [-0.4, -0.2) is 18.6 Å². The van der Waals surface area contributed by atoms with Gasteiger partial charge in [0.05, 0.1) is 34.3 Å². The first-order valence-corrected chi connectivity index (χ1v) is 5.89. The summed E-state index contributed by atoms with van der Waals surface area (Å²) in [5.41, 5.74) is 1.82. The Morgan fingerprint density at radius 1 is 1.50 bits per heavy atom. The fraction of sp³-hybridized carbons (Fsp3) is 0.231. The topological polar surface area (TPSA) is 57.9 Å². The van der Waals surface area contributed by atoms with Crippen molar-refractivity contribution in [3.05, 3.63) is 28.9 Å². The van der Waals surface area contributed by atoms with Gasteiger partial charge in [0, 0.05) is 12.7 Å². The summed E-state index contributed by atoms with van der Waals surface area (Å²) in [7, 11) is 1.58. The van der Waals surface area contributed by atoms with Crippen molar-refractivity contribution in [1.82, 2.24) is 4.98 Å². The number of methoxy groups -OCH3 is 1. The third-order valence-electron chi connectivity index (χ3n) is 2.63. The van der Waals surface area contributed by atoms with Gasteiger partial charge in [-0.3, -0.25) is 4.98 Å². The van der Waals surface area contributed by atoms with Crippen LogP contribution >= 0.6 is 11.6 Å².